The number of fused-ring (bicyclic) bond motifs is 3. The van der Waals surface area contributed by atoms with E-state index in [2.05, 4.69) is 33.4 Å². The van der Waals surface area contributed by atoms with Gasteiger partial charge in [-0.05, 0) is 62.1 Å². The molecule has 9 heteroatoms. The number of ether oxygens (including phenoxy) is 1. The SMILES string of the molecule is Cc1c([C@@H](C)Nc2nn3ccnc3c3ccc(N4CC5(CCOCC5)C4)cc23)cccc1C(F)(F)F. The minimum atomic E-state index is -4.39. The van der Waals surface area contributed by atoms with Crippen LogP contribution in [-0.4, -0.2) is 40.9 Å². The van der Waals surface area contributed by atoms with Crippen molar-refractivity contribution in [2.45, 2.75) is 38.9 Å². The maximum Gasteiger partial charge on any atom is 0.416 e. The Kier molecular flexibility index (Phi) is 5.37. The Morgan fingerprint density at radius 2 is 1.86 bits per heavy atom. The summed E-state index contributed by atoms with van der Waals surface area (Å²) in [4.78, 5) is 6.85. The summed E-state index contributed by atoms with van der Waals surface area (Å²) in [5.74, 6) is 0.614. The Morgan fingerprint density at radius 1 is 1.08 bits per heavy atom. The van der Waals surface area contributed by atoms with E-state index in [1.165, 1.54) is 13.0 Å². The van der Waals surface area contributed by atoms with E-state index in [1.807, 2.05) is 6.92 Å². The molecule has 2 aliphatic heterocycles. The molecule has 4 heterocycles. The summed E-state index contributed by atoms with van der Waals surface area (Å²) in [6.07, 6.45) is 1.26. The second-order valence-corrected chi connectivity index (χ2v) is 10.1. The second-order valence-electron chi connectivity index (χ2n) is 10.1. The second kappa shape index (κ2) is 8.37. The van der Waals surface area contributed by atoms with Crippen LogP contribution in [0, 0.1) is 12.3 Å². The molecule has 0 unspecified atom stereocenters. The van der Waals surface area contributed by atoms with E-state index in [0.717, 1.165) is 67.3 Å². The van der Waals surface area contributed by atoms with Crippen molar-refractivity contribution in [2.75, 3.05) is 36.5 Å². The smallest absolute Gasteiger partial charge is 0.381 e. The zero-order chi connectivity index (χ0) is 25.1. The van der Waals surface area contributed by atoms with E-state index in [4.69, 9.17) is 9.84 Å². The summed E-state index contributed by atoms with van der Waals surface area (Å²) >= 11 is 0. The van der Waals surface area contributed by atoms with Gasteiger partial charge in [0.15, 0.2) is 11.5 Å². The van der Waals surface area contributed by atoms with Crippen LogP contribution in [0.15, 0.2) is 48.8 Å². The monoisotopic (exact) mass is 495 g/mol. The van der Waals surface area contributed by atoms with Gasteiger partial charge >= 0.3 is 6.18 Å². The summed E-state index contributed by atoms with van der Waals surface area (Å²) in [5.41, 5.74) is 2.40. The fourth-order valence-electron chi connectivity index (χ4n) is 5.74. The average molecular weight is 496 g/mol. The molecule has 6 rings (SSSR count). The molecule has 1 spiro atoms. The number of imidazole rings is 1. The molecular weight excluding hydrogens is 467 g/mol. The molecule has 1 N–H and O–H groups in total. The summed E-state index contributed by atoms with van der Waals surface area (Å²) in [5, 5.41) is 9.98. The zero-order valence-electron chi connectivity index (χ0n) is 20.3. The lowest BCUT2D eigenvalue weighted by molar-refractivity contribution is -0.138. The highest BCUT2D eigenvalue weighted by molar-refractivity contribution is 6.01. The highest BCUT2D eigenvalue weighted by Gasteiger charge is 2.44. The quantitative estimate of drug-likeness (QED) is 0.376. The van der Waals surface area contributed by atoms with Crippen LogP contribution in [0.2, 0.25) is 0 Å². The highest BCUT2D eigenvalue weighted by atomic mass is 19.4. The molecule has 2 fully saturated rings. The molecule has 0 radical (unpaired) electrons. The van der Waals surface area contributed by atoms with Crippen LogP contribution in [0.5, 0.6) is 0 Å². The molecule has 2 aromatic carbocycles. The van der Waals surface area contributed by atoms with Crippen LogP contribution in [0.3, 0.4) is 0 Å². The third-order valence-corrected chi connectivity index (χ3v) is 7.80. The Labute approximate surface area is 207 Å². The largest absolute Gasteiger partial charge is 0.416 e. The van der Waals surface area contributed by atoms with Gasteiger partial charge < -0.3 is 15.0 Å². The lowest BCUT2D eigenvalue weighted by Crippen LogP contribution is -2.58. The first kappa shape index (κ1) is 23.1. The van der Waals surface area contributed by atoms with Gasteiger partial charge in [-0.15, -0.1) is 5.10 Å². The first-order valence-electron chi connectivity index (χ1n) is 12.3. The Bertz CT molecular complexity index is 1430. The van der Waals surface area contributed by atoms with Crippen molar-refractivity contribution in [3.05, 3.63) is 65.5 Å². The predicted octanol–water partition coefficient (Wildman–Crippen LogP) is 6.00. The summed E-state index contributed by atoms with van der Waals surface area (Å²) < 4.78 is 47.8. The van der Waals surface area contributed by atoms with Gasteiger partial charge in [0.05, 0.1) is 11.6 Å². The van der Waals surface area contributed by atoms with Crippen molar-refractivity contribution < 1.29 is 17.9 Å². The maximum absolute atomic E-state index is 13.5. The molecule has 2 aliphatic rings. The normalized spacial score (nSPS) is 18.5. The van der Waals surface area contributed by atoms with E-state index in [0.29, 0.717) is 16.8 Å². The molecule has 0 bridgehead atoms. The first-order chi connectivity index (χ1) is 17.2. The number of benzene rings is 2. The van der Waals surface area contributed by atoms with Gasteiger partial charge in [-0.1, -0.05) is 12.1 Å². The average Bonchev–Trinajstić information content (AvgIpc) is 3.31. The topological polar surface area (TPSA) is 54.7 Å². The molecule has 2 aromatic heterocycles. The molecule has 4 aromatic rings. The van der Waals surface area contributed by atoms with Gasteiger partial charge in [-0.3, -0.25) is 0 Å². The Balaban J connectivity index is 1.36. The van der Waals surface area contributed by atoms with Gasteiger partial charge in [-0.25, -0.2) is 9.50 Å². The summed E-state index contributed by atoms with van der Waals surface area (Å²) in [6.45, 7) is 7.05. The van der Waals surface area contributed by atoms with Crippen molar-refractivity contribution >= 4 is 27.9 Å². The number of nitrogens with one attached hydrogen (secondary N) is 1. The number of hydrogen-bond acceptors (Lipinski definition) is 5. The lowest BCUT2D eigenvalue weighted by atomic mass is 9.73. The summed E-state index contributed by atoms with van der Waals surface area (Å²) in [7, 11) is 0. The van der Waals surface area contributed by atoms with E-state index in [1.54, 1.807) is 23.0 Å². The molecule has 188 valence electrons. The number of halogens is 3. The van der Waals surface area contributed by atoms with Crippen molar-refractivity contribution in [3.63, 3.8) is 0 Å². The molecule has 1 atom stereocenters. The van der Waals surface area contributed by atoms with E-state index in [-0.39, 0.29) is 11.6 Å². The van der Waals surface area contributed by atoms with Crippen LogP contribution in [0.25, 0.3) is 16.4 Å². The van der Waals surface area contributed by atoms with E-state index >= 15 is 0 Å². The van der Waals surface area contributed by atoms with E-state index in [9.17, 15) is 13.2 Å². The van der Waals surface area contributed by atoms with Crippen LogP contribution in [-0.2, 0) is 10.9 Å². The molecule has 36 heavy (non-hydrogen) atoms. The third kappa shape index (κ3) is 3.86. The number of alkyl halides is 3. The van der Waals surface area contributed by atoms with Crippen molar-refractivity contribution in [1.82, 2.24) is 14.6 Å². The van der Waals surface area contributed by atoms with Crippen molar-refractivity contribution in [2.24, 2.45) is 5.41 Å². The fraction of sp³-hybridized carbons (Fsp3) is 0.407. The molecule has 0 amide bonds. The van der Waals surface area contributed by atoms with Crippen LogP contribution >= 0.6 is 0 Å². The highest BCUT2D eigenvalue weighted by Crippen LogP contribution is 2.43. The predicted molar refractivity (Wildman–Crippen MR) is 133 cm³/mol. The molecule has 2 saturated heterocycles. The van der Waals surface area contributed by atoms with Crippen LogP contribution in [0.1, 0.15) is 42.5 Å². The summed E-state index contributed by atoms with van der Waals surface area (Å²) in [6, 6.07) is 10.2. The minimum absolute atomic E-state index is 0.223. The fourth-order valence-corrected chi connectivity index (χ4v) is 5.74. The molecular formula is C27H28F3N5O. The van der Waals surface area contributed by atoms with Crippen molar-refractivity contribution in [3.8, 4) is 0 Å². The number of rotatable bonds is 4. The number of aromatic nitrogens is 3. The van der Waals surface area contributed by atoms with Gasteiger partial charge in [0.2, 0.25) is 0 Å². The molecule has 0 aliphatic carbocycles. The van der Waals surface area contributed by atoms with E-state index < -0.39 is 11.7 Å². The van der Waals surface area contributed by atoms with Gasteiger partial charge in [-0.2, -0.15) is 13.2 Å². The Hall–Kier alpha value is -3.33. The minimum Gasteiger partial charge on any atom is -0.381 e. The molecule has 0 saturated carbocycles. The number of hydrogen-bond donors (Lipinski definition) is 1. The third-order valence-electron chi connectivity index (χ3n) is 7.80. The van der Waals surface area contributed by atoms with Gasteiger partial charge in [0.1, 0.15) is 0 Å². The molecule has 6 nitrogen and oxygen atoms in total. The van der Waals surface area contributed by atoms with Crippen LogP contribution in [0.4, 0.5) is 24.7 Å². The first-order valence-corrected chi connectivity index (χ1v) is 12.3. The Morgan fingerprint density at radius 3 is 2.61 bits per heavy atom. The maximum atomic E-state index is 13.5. The number of nitrogens with zero attached hydrogens (tertiary/aromatic N) is 4. The van der Waals surface area contributed by atoms with Gasteiger partial charge in [0, 0.05) is 60.6 Å². The van der Waals surface area contributed by atoms with Gasteiger partial charge in [0.25, 0.3) is 0 Å². The standard InChI is InChI=1S/C27H28F3N5O/c1-17-20(4-3-5-23(17)27(28,29)30)18(2)32-24-22-14-19(34-15-26(16-34)8-12-36-13-9-26)6-7-21(22)25-31-10-11-35(25)33-24/h3-7,10-11,14,18H,8-9,12-13,15-16H2,1-2H3,(H,32,33)/t18-/m1/s1. The van der Waals surface area contributed by atoms with Crippen molar-refractivity contribution in [1.29, 1.82) is 0 Å². The number of anilines is 2. The lowest BCUT2D eigenvalue weighted by Gasteiger charge is -2.53. The van der Waals surface area contributed by atoms with Crippen LogP contribution < -0.4 is 10.2 Å². The zero-order valence-corrected chi connectivity index (χ0v) is 20.3.